The number of methoxy groups -OCH3 is 1. The molecule has 2 aromatic carbocycles. The largest absolute Gasteiger partial charge is 0.493 e. The maximum atomic E-state index is 12.3. The second-order valence-corrected chi connectivity index (χ2v) is 6.07. The lowest BCUT2D eigenvalue weighted by atomic mass is 10.2. The van der Waals surface area contributed by atoms with Crippen LogP contribution in [0.15, 0.2) is 42.5 Å². The number of benzene rings is 2. The summed E-state index contributed by atoms with van der Waals surface area (Å²) in [5, 5.41) is 5.63. The van der Waals surface area contributed by atoms with Crippen LogP contribution in [0.3, 0.4) is 0 Å². The number of nitrogens with one attached hydrogen (secondary N) is 2. The number of hydrogen-bond acceptors (Lipinski definition) is 5. The molecule has 0 unspecified atom stereocenters. The lowest BCUT2D eigenvalue weighted by Gasteiger charge is -2.13. The molecule has 0 aromatic heterocycles. The average Bonchev–Trinajstić information content (AvgIpc) is 3.44. The van der Waals surface area contributed by atoms with Crippen LogP contribution in [0.25, 0.3) is 0 Å². The Bertz CT molecular complexity index is 801. The van der Waals surface area contributed by atoms with Crippen LogP contribution >= 0.6 is 0 Å². The Labute approximate surface area is 151 Å². The predicted octanol–water partition coefficient (Wildman–Crippen LogP) is 2.19. The summed E-state index contributed by atoms with van der Waals surface area (Å²) >= 11 is 0. The maximum absolute atomic E-state index is 12.3. The first-order chi connectivity index (χ1) is 12.5. The molecule has 0 radical (unpaired) electrons. The summed E-state index contributed by atoms with van der Waals surface area (Å²) in [6.07, 6.45) is 2.03. The Hall–Kier alpha value is -3.22. The van der Waals surface area contributed by atoms with Crippen molar-refractivity contribution in [1.82, 2.24) is 5.32 Å². The number of rotatable bonds is 7. The van der Waals surface area contributed by atoms with Crippen LogP contribution in [0.4, 0.5) is 11.4 Å². The maximum Gasteiger partial charge on any atom is 0.258 e. The Morgan fingerprint density at radius 2 is 1.85 bits per heavy atom. The van der Waals surface area contributed by atoms with Crippen molar-refractivity contribution < 1.29 is 19.1 Å². The molecule has 2 aromatic rings. The Balaban J connectivity index is 1.66. The average molecular weight is 355 g/mol. The minimum Gasteiger partial charge on any atom is -0.493 e. The summed E-state index contributed by atoms with van der Waals surface area (Å²) in [5.41, 5.74) is 7.24. The van der Waals surface area contributed by atoms with Crippen LogP contribution in [0.5, 0.6) is 11.5 Å². The van der Waals surface area contributed by atoms with E-state index in [1.165, 1.54) is 7.11 Å². The molecule has 3 rings (SSSR count). The van der Waals surface area contributed by atoms with E-state index in [9.17, 15) is 9.59 Å². The van der Waals surface area contributed by atoms with Gasteiger partial charge in [-0.05, 0) is 49.2 Å². The number of anilines is 2. The number of ether oxygens (including phenoxy) is 2. The smallest absolute Gasteiger partial charge is 0.258 e. The molecule has 0 bridgehead atoms. The molecular formula is C19H21N3O4. The van der Waals surface area contributed by atoms with Crippen molar-refractivity contribution in [3.63, 3.8) is 0 Å². The molecule has 0 atom stereocenters. The summed E-state index contributed by atoms with van der Waals surface area (Å²) < 4.78 is 10.8. The zero-order valence-corrected chi connectivity index (χ0v) is 14.5. The molecule has 136 valence electrons. The first kappa shape index (κ1) is 17.6. The van der Waals surface area contributed by atoms with Crippen LogP contribution in [0, 0.1) is 0 Å². The van der Waals surface area contributed by atoms with E-state index >= 15 is 0 Å². The van der Waals surface area contributed by atoms with Gasteiger partial charge in [-0.1, -0.05) is 0 Å². The van der Waals surface area contributed by atoms with Gasteiger partial charge in [0.05, 0.1) is 7.11 Å². The summed E-state index contributed by atoms with van der Waals surface area (Å²) in [6.45, 7) is -0.109. The normalized spacial score (nSPS) is 13.0. The van der Waals surface area contributed by atoms with Crippen molar-refractivity contribution in [3.05, 3.63) is 48.0 Å². The van der Waals surface area contributed by atoms with E-state index < -0.39 is 0 Å². The van der Waals surface area contributed by atoms with Crippen molar-refractivity contribution in [2.75, 3.05) is 24.8 Å². The SMILES string of the molecule is COc1ccc(NC(=O)c2ccc(N)cc2)cc1OCC(=O)NC1CC1. The van der Waals surface area contributed by atoms with E-state index in [1.54, 1.807) is 42.5 Å². The molecule has 1 aliphatic carbocycles. The van der Waals surface area contributed by atoms with Crippen LogP contribution < -0.4 is 25.8 Å². The minimum atomic E-state index is -0.271. The molecule has 0 aliphatic heterocycles. The van der Waals surface area contributed by atoms with Gasteiger partial charge in [-0.2, -0.15) is 0 Å². The van der Waals surface area contributed by atoms with Gasteiger partial charge in [0, 0.05) is 29.0 Å². The summed E-state index contributed by atoms with van der Waals surface area (Å²) in [5.74, 6) is 0.418. The number of amides is 2. The van der Waals surface area contributed by atoms with E-state index in [4.69, 9.17) is 15.2 Å². The summed E-state index contributed by atoms with van der Waals surface area (Å²) in [7, 11) is 1.51. The minimum absolute atomic E-state index is 0.109. The number of carbonyl (C=O) groups is 2. The van der Waals surface area contributed by atoms with Gasteiger partial charge in [-0.15, -0.1) is 0 Å². The second kappa shape index (κ2) is 7.77. The van der Waals surface area contributed by atoms with Crippen LogP contribution in [-0.4, -0.2) is 31.6 Å². The molecule has 4 N–H and O–H groups in total. The van der Waals surface area contributed by atoms with Crippen molar-refractivity contribution in [2.45, 2.75) is 18.9 Å². The molecule has 2 amide bonds. The number of nitrogens with two attached hydrogens (primary N) is 1. The Morgan fingerprint density at radius 1 is 1.12 bits per heavy atom. The van der Waals surface area contributed by atoms with Crippen molar-refractivity contribution in [2.24, 2.45) is 0 Å². The molecule has 1 saturated carbocycles. The van der Waals surface area contributed by atoms with Gasteiger partial charge in [-0.25, -0.2) is 0 Å². The van der Waals surface area contributed by atoms with Crippen molar-refractivity contribution in [1.29, 1.82) is 0 Å². The molecule has 26 heavy (non-hydrogen) atoms. The monoisotopic (exact) mass is 355 g/mol. The standard InChI is InChI=1S/C19H21N3O4/c1-25-16-9-8-15(22-19(24)12-2-4-13(20)5-3-12)10-17(16)26-11-18(23)21-14-6-7-14/h2-5,8-10,14H,6-7,11,20H2,1H3,(H,21,23)(H,22,24). The second-order valence-electron chi connectivity index (χ2n) is 6.07. The highest BCUT2D eigenvalue weighted by Gasteiger charge is 2.23. The fourth-order valence-corrected chi connectivity index (χ4v) is 2.35. The zero-order valence-electron chi connectivity index (χ0n) is 14.5. The lowest BCUT2D eigenvalue weighted by molar-refractivity contribution is -0.123. The molecule has 1 aliphatic rings. The van der Waals surface area contributed by atoms with E-state index in [2.05, 4.69) is 10.6 Å². The first-order valence-electron chi connectivity index (χ1n) is 8.32. The first-order valence-corrected chi connectivity index (χ1v) is 8.32. The van der Waals surface area contributed by atoms with Crippen LogP contribution in [0.1, 0.15) is 23.2 Å². The summed E-state index contributed by atoms with van der Waals surface area (Å²) in [4.78, 5) is 24.1. The number of carbonyl (C=O) groups excluding carboxylic acids is 2. The fraction of sp³-hybridized carbons (Fsp3) is 0.263. The molecule has 7 heteroatoms. The van der Waals surface area contributed by atoms with Gasteiger partial charge in [0.2, 0.25) is 0 Å². The quantitative estimate of drug-likeness (QED) is 0.661. The van der Waals surface area contributed by atoms with E-state index in [1.807, 2.05) is 0 Å². The highest BCUT2D eigenvalue weighted by molar-refractivity contribution is 6.04. The van der Waals surface area contributed by atoms with Gasteiger partial charge in [0.1, 0.15) is 0 Å². The molecule has 0 heterocycles. The van der Waals surface area contributed by atoms with Crippen molar-refractivity contribution in [3.8, 4) is 11.5 Å². The molecule has 7 nitrogen and oxygen atoms in total. The van der Waals surface area contributed by atoms with Gasteiger partial charge in [0.25, 0.3) is 11.8 Å². The Morgan fingerprint density at radius 3 is 2.50 bits per heavy atom. The summed E-state index contributed by atoms with van der Waals surface area (Å²) in [6, 6.07) is 11.9. The molecule has 0 spiro atoms. The molecule has 1 fully saturated rings. The van der Waals surface area contributed by atoms with Gasteiger partial charge < -0.3 is 25.8 Å². The van der Waals surface area contributed by atoms with E-state index in [-0.39, 0.29) is 24.5 Å². The fourth-order valence-electron chi connectivity index (χ4n) is 2.35. The highest BCUT2D eigenvalue weighted by Crippen LogP contribution is 2.30. The van der Waals surface area contributed by atoms with Gasteiger partial charge in [0.15, 0.2) is 18.1 Å². The van der Waals surface area contributed by atoms with Gasteiger partial charge in [-0.3, -0.25) is 9.59 Å². The highest BCUT2D eigenvalue weighted by atomic mass is 16.5. The third kappa shape index (κ3) is 4.66. The third-order valence-electron chi connectivity index (χ3n) is 3.90. The number of nitrogen functional groups attached to an aromatic ring is 1. The lowest BCUT2D eigenvalue weighted by Crippen LogP contribution is -2.30. The topological polar surface area (TPSA) is 103 Å². The van der Waals surface area contributed by atoms with Crippen LogP contribution in [0.2, 0.25) is 0 Å². The third-order valence-corrected chi connectivity index (χ3v) is 3.90. The van der Waals surface area contributed by atoms with E-state index in [0.29, 0.717) is 28.4 Å². The zero-order chi connectivity index (χ0) is 18.5. The number of hydrogen-bond donors (Lipinski definition) is 3. The molecule has 0 saturated heterocycles. The Kier molecular flexibility index (Phi) is 5.26. The van der Waals surface area contributed by atoms with E-state index in [0.717, 1.165) is 12.8 Å². The van der Waals surface area contributed by atoms with Gasteiger partial charge >= 0.3 is 0 Å². The van der Waals surface area contributed by atoms with Crippen molar-refractivity contribution >= 4 is 23.2 Å². The van der Waals surface area contributed by atoms with Crippen LogP contribution in [-0.2, 0) is 4.79 Å². The molecular weight excluding hydrogens is 334 g/mol. The predicted molar refractivity (Wildman–Crippen MR) is 98.5 cm³/mol.